The average molecular weight is 337 g/mol. The van der Waals surface area contributed by atoms with Crippen molar-refractivity contribution < 1.29 is 17.9 Å². The summed E-state index contributed by atoms with van der Waals surface area (Å²) in [6, 6.07) is 5.90. The summed E-state index contributed by atoms with van der Waals surface area (Å²) < 4.78 is 33.2. The van der Waals surface area contributed by atoms with Gasteiger partial charge in [-0.25, -0.2) is 13.1 Å². The molecule has 1 heterocycles. The number of rotatable bonds is 7. The molecule has 0 aliphatic heterocycles. The van der Waals surface area contributed by atoms with Crippen LogP contribution in [-0.2, 0) is 21.4 Å². The standard InChI is InChI=1S/C15H19N3O4S/c1-3-22-13-4-6-14(7-5-13)23(20,21)17-15(19)8-9-18-11-12(2)10-16-18/h4-7,10-11H,3,8-9H2,1-2H3,(H,17,19). The van der Waals surface area contributed by atoms with Crippen molar-refractivity contribution in [3.8, 4) is 5.75 Å². The Morgan fingerprint density at radius 1 is 1.30 bits per heavy atom. The van der Waals surface area contributed by atoms with Crippen LogP contribution in [0.5, 0.6) is 5.75 Å². The third-order valence-electron chi connectivity index (χ3n) is 3.02. The summed E-state index contributed by atoms with van der Waals surface area (Å²) in [5.41, 5.74) is 0.979. The van der Waals surface area contributed by atoms with E-state index in [0.717, 1.165) is 5.56 Å². The van der Waals surface area contributed by atoms with Crippen LogP contribution in [0.1, 0.15) is 18.9 Å². The van der Waals surface area contributed by atoms with Crippen molar-refractivity contribution in [2.24, 2.45) is 0 Å². The van der Waals surface area contributed by atoms with Gasteiger partial charge in [0, 0.05) is 19.2 Å². The van der Waals surface area contributed by atoms with E-state index < -0.39 is 15.9 Å². The van der Waals surface area contributed by atoms with Crippen LogP contribution in [0.25, 0.3) is 0 Å². The summed E-state index contributed by atoms with van der Waals surface area (Å²) in [6.45, 7) is 4.54. The smallest absolute Gasteiger partial charge is 0.264 e. The number of aromatic nitrogens is 2. The zero-order valence-electron chi connectivity index (χ0n) is 13.0. The number of sulfonamides is 1. The van der Waals surface area contributed by atoms with Crippen LogP contribution in [-0.4, -0.2) is 30.7 Å². The molecule has 1 N–H and O–H groups in total. The van der Waals surface area contributed by atoms with Gasteiger partial charge in [-0.05, 0) is 43.7 Å². The number of nitrogens with zero attached hydrogens (tertiary/aromatic N) is 2. The molecule has 8 heteroatoms. The van der Waals surface area contributed by atoms with Crippen molar-refractivity contribution in [1.29, 1.82) is 0 Å². The Morgan fingerprint density at radius 3 is 2.57 bits per heavy atom. The Kier molecular flexibility index (Phi) is 5.38. The number of hydrogen-bond donors (Lipinski definition) is 1. The molecule has 0 saturated heterocycles. The lowest BCUT2D eigenvalue weighted by Gasteiger charge is -2.08. The van der Waals surface area contributed by atoms with Crippen LogP contribution in [0.3, 0.4) is 0 Å². The van der Waals surface area contributed by atoms with Crippen molar-refractivity contribution >= 4 is 15.9 Å². The summed E-state index contributed by atoms with van der Waals surface area (Å²) >= 11 is 0. The van der Waals surface area contributed by atoms with E-state index in [1.807, 2.05) is 13.8 Å². The minimum absolute atomic E-state index is 0.0178. The van der Waals surface area contributed by atoms with E-state index in [0.29, 0.717) is 18.9 Å². The molecule has 0 radical (unpaired) electrons. The Labute approximate surface area is 135 Å². The minimum atomic E-state index is -3.88. The summed E-state index contributed by atoms with van der Waals surface area (Å²) in [7, 11) is -3.88. The number of amides is 1. The predicted octanol–water partition coefficient (Wildman–Crippen LogP) is 1.49. The highest BCUT2D eigenvalue weighted by Gasteiger charge is 2.17. The molecule has 2 rings (SSSR count). The van der Waals surface area contributed by atoms with Gasteiger partial charge in [-0.3, -0.25) is 9.48 Å². The van der Waals surface area contributed by atoms with Crippen LogP contribution in [0.2, 0.25) is 0 Å². The van der Waals surface area contributed by atoms with Crippen LogP contribution < -0.4 is 9.46 Å². The van der Waals surface area contributed by atoms with E-state index in [-0.39, 0.29) is 11.3 Å². The summed E-state index contributed by atoms with van der Waals surface area (Å²) in [5, 5.41) is 4.04. The van der Waals surface area contributed by atoms with Gasteiger partial charge in [0.2, 0.25) is 5.91 Å². The highest BCUT2D eigenvalue weighted by atomic mass is 32.2. The van der Waals surface area contributed by atoms with Gasteiger partial charge in [0.25, 0.3) is 10.0 Å². The van der Waals surface area contributed by atoms with E-state index in [4.69, 9.17) is 4.74 Å². The Hall–Kier alpha value is -2.35. The maximum absolute atomic E-state index is 12.1. The van der Waals surface area contributed by atoms with Crippen molar-refractivity contribution in [2.75, 3.05) is 6.61 Å². The molecule has 0 atom stereocenters. The lowest BCUT2D eigenvalue weighted by Crippen LogP contribution is -2.31. The fraction of sp³-hybridized carbons (Fsp3) is 0.333. The second kappa shape index (κ2) is 7.28. The molecule has 0 saturated carbocycles. The number of hydrogen-bond acceptors (Lipinski definition) is 5. The average Bonchev–Trinajstić information content (AvgIpc) is 2.91. The first-order valence-corrected chi connectivity index (χ1v) is 8.66. The molecule has 1 aromatic carbocycles. The molecule has 124 valence electrons. The lowest BCUT2D eigenvalue weighted by atomic mass is 10.3. The van der Waals surface area contributed by atoms with Crippen LogP contribution in [0.15, 0.2) is 41.6 Å². The highest BCUT2D eigenvalue weighted by molar-refractivity contribution is 7.90. The topological polar surface area (TPSA) is 90.3 Å². The Bertz CT molecular complexity index is 766. The second-order valence-corrected chi connectivity index (χ2v) is 6.65. The highest BCUT2D eigenvalue weighted by Crippen LogP contribution is 2.15. The fourth-order valence-corrected chi connectivity index (χ4v) is 2.96. The van der Waals surface area contributed by atoms with Gasteiger partial charge < -0.3 is 4.74 Å². The maximum Gasteiger partial charge on any atom is 0.264 e. The van der Waals surface area contributed by atoms with Crippen molar-refractivity contribution in [3.05, 3.63) is 42.2 Å². The van der Waals surface area contributed by atoms with Gasteiger partial charge in [-0.1, -0.05) is 0 Å². The Balaban J connectivity index is 1.95. The molecule has 23 heavy (non-hydrogen) atoms. The van der Waals surface area contributed by atoms with Crippen LogP contribution in [0, 0.1) is 6.92 Å². The molecule has 0 aliphatic carbocycles. The first-order valence-electron chi connectivity index (χ1n) is 7.18. The third-order valence-corrected chi connectivity index (χ3v) is 4.41. The second-order valence-electron chi connectivity index (χ2n) is 4.96. The molecule has 0 bridgehead atoms. The van der Waals surface area contributed by atoms with E-state index in [1.54, 1.807) is 29.2 Å². The van der Waals surface area contributed by atoms with Gasteiger partial charge in [0.05, 0.1) is 17.7 Å². The van der Waals surface area contributed by atoms with Gasteiger partial charge >= 0.3 is 0 Å². The molecule has 2 aromatic rings. The van der Waals surface area contributed by atoms with E-state index in [2.05, 4.69) is 9.82 Å². The van der Waals surface area contributed by atoms with Gasteiger partial charge in [0.1, 0.15) is 5.75 Å². The van der Waals surface area contributed by atoms with Crippen LogP contribution in [0.4, 0.5) is 0 Å². The fourth-order valence-electron chi connectivity index (χ4n) is 1.95. The summed E-state index contributed by atoms with van der Waals surface area (Å²) in [5.74, 6) is -0.00105. The van der Waals surface area contributed by atoms with Crippen molar-refractivity contribution in [1.82, 2.24) is 14.5 Å². The molecule has 0 spiro atoms. The number of ether oxygens (including phenoxy) is 1. The van der Waals surface area contributed by atoms with Gasteiger partial charge in [-0.15, -0.1) is 0 Å². The van der Waals surface area contributed by atoms with Gasteiger partial charge in [-0.2, -0.15) is 5.10 Å². The molecule has 0 aliphatic rings. The van der Waals surface area contributed by atoms with E-state index >= 15 is 0 Å². The molecule has 0 unspecified atom stereocenters. The third kappa shape index (κ3) is 4.82. The number of aryl methyl sites for hydroxylation is 2. The molecular formula is C15H19N3O4S. The van der Waals surface area contributed by atoms with Crippen LogP contribution >= 0.6 is 0 Å². The first-order chi connectivity index (χ1) is 10.9. The molecular weight excluding hydrogens is 318 g/mol. The monoisotopic (exact) mass is 337 g/mol. The van der Waals surface area contributed by atoms with Crippen molar-refractivity contribution in [3.63, 3.8) is 0 Å². The number of nitrogens with one attached hydrogen (secondary N) is 1. The largest absolute Gasteiger partial charge is 0.494 e. The minimum Gasteiger partial charge on any atom is -0.494 e. The quantitative estimate of drug-likeness (QED) is 0.826. The zero-order valence-corrected chi connectivity index (χ0v) is 13.8. The Morgan fingerprint density at radius 2 is 2.00 bits per heavy atom. The maximum atomic E-state index is 12.1. The van der Waals surface area contributed by atoms with Gasteiger partial charge in [0.15, 0.2) is 0 Å². The summed E-state index contributed by atoms with van der Waals surface area (Å²) in [6.07, 6.45) is 3.49. The molecule has 7 nitrogen and oxygen atoms in total. The SMILES string of the molecule is CCOc1ccc(S(=O)(=O)NC(=O)CCn2cc(C)cn2)cc1. The first kappa shape index (κ1) is 17.0. The zero-order chi connectivity index (χ0) is 16.9. The van der Waals surface area contributed by atoms with E-state index in [1.165, 1.54) is 12.1 Å². The number of benzene rings is 1. The normalized spacial score (nSPS) is 11.2. The van der Waals surface area contributed by atoms with Crippen molar-refractivity contribution in [2.45, 2.75) is 31.7 Å². The lowest BCUT2D eigenvalue weighted by molar-refractivity contribution is -0.119. The molecule has 1 amide bonds. The molecule has 1 aromatic heterocycles. The molecule has 0 fully saturated rings. The van der Waals surface area contributed by atoms with E-state index in [9.17, 15) is 13.2 Å². The predicted molar refractivity (Wildman–Crippen MR) is 84.5 cm³/mol. The summed E-state index contributed by atoms with van der Waals surface area (Å²) in [4.78, 5) is 11.8. The number of carbonyl (C=O) groups is 1. The number of carbonyl (C=O) groups excluding carboxylic acids is 1.